The summed E-state index contributed by atoms with van der Waals surface area (Å²) in [4.78, 5) is 0. The highest BCUT2D eigenvalue weighted by atomic mass is 35.5. The lowest BCUT2D eigenvalue weighted by Gasteiger charge is -2.08. The highest BCUT2D eigenvalue weighted by molar-refractivity contribution is 6.31. The third-order valence-corrected chi connectivity index (χ3v) is 2.15. The van der Waals surface area contributed by atoms with Crippen LogP contribution in [0.2, 0.25) is 5.02 Å². The van der Waals surface area contributed by atoms with Crippen molar-refractivity contribution in [1.82, 2.24) is 0 Å². The fourth-order valence-electron chi connectivity index (χ4n) is 1.02. The summed E-state index contributed by atoms with van der Waals surface area (Å²) in [5.41, 5.74) is 0.0455. The van der Waals surface area contributed by atoms with Crippen LogP contribution in [-0.2, 0) is 0 Å². The van der Waals surface area contributed by atoms with Gasteiger partial charge in [-0.2, -0.15) is 0 Å². The van der Waals surface area contributed by atoms with Crippen molar-refractivity contribution in [2.24, 2.45) is 0 Å². The van der Waals surface area contributed by atoms with Crippen molar-refractivity contribution in [2.45, 2.75) is 12.8 Å². The lowest BCUT2D eigenvalue weighted by atomic mass is 10.0. The number of rotatable bonds is 1. The summed E-state index contributed by atoms with van der Waals surface area (Å²) in [5.74, 6) is 0.549. The van der Waals surface area contributed by atoms with Crippen LogP contribution in [-0.4, -0.2) is 0 Å². The topological polar surface area (TPSA) is 0 Å². The quantitative estimate of drug-likeness (QED) is 0.482. The second kappa shape index (κ2) is 3.76. The molecule has 0 bridgehead atoms. The maximum absolute atomic E-state index is 13.1. The van der Waals surface area contributed by atoms with Crippen LogP contribution >= 0.6 is 11.6 Å². The molecule has 1 aromatic carbocycles. The van der Waals surface area contributed by atoms with E-state index in [1.807, 2.05) is 0 Å². The van der Waals surface area contributed by atoms with Crippen LogP contribution in [0.15, 0.2) is 12.1 Å². The van der Waals surface area contributed by atoms with E-state index in [0.29, 0.717) is 0 Å². The van der Waals surface area contributed by atoms with Gasteiger partial charge in [-0.15, -0.1) is 6.42 Å². The maximum Gasteiger partial charge on any atom is 0.142 e. The van der Waals surface area contributed by atoms with Crippen molar-refractivity contribution in [3.8, 4) is 12.3 Å². The minimum atomic E-state index is -0.653. The summed E-state index contributed by atoms with van der Waals surface area (Å²) < 4.78 is 26.0. The van der Waals surface area contributed by atoms with Gasteiger partial charge in [-0.3, -0.25) is 0 Å². The minimum Gasteiger partial charge on any atom is -0.207 e. The van der Waals surface area contributed by atoms with E-state index in [9.17, 15) is 8.78 Å². The molecule has 0 nitrogen and oxygen atoms in total. The number of hydrogen-bond acceptors (Lipinski definition) is 0. The van der Waals surface area contributed by atoms with E-state index in [0.717, 1.165) is 12.1 Å². The summed E-state index contributed by atoms with van der Waals surface area (Å²) in [5, 5.41) is -0.231. The van der Waals surface area contributed by atoms with E-state index < -0.39 is 17.6 Å². The Bertz CT molecular complexity index is 366. The summed E-state index contributed by atoms with van der Waals surface area (Å²) >= 11 is 5.56. The van der Waals surface area contributed by atoms with Crippen LogP contribution < -0.4 is 0 Å². The first-order valence-electron chi connectivity index (χ1n) is 3.67. The molecule has 0 radical (unpaired) electrons. The molecule has 0 N–H and O–H groups in total. The molecule has 68 valence electrons. The fraction of sp³-hybridized carbons (Fsp3) is 0.200. The molecule has 0 aliphatic rings. The predicted molar refractivity (Wildman–Crippen MR) is 48.6 cm³/mol. The second-order valence-electron chi connectivity index (χ2n) is 2.65. The standard InChI is InChI=1S/C10H7ClF2/c1-3-6(2)9-7(12)4-5-8(13)10(9)11/h1,4-6H,2H3. The number of hydrogen-bond donors (Lipinski definition) is 0. The number of terminal acetylenes is 1. The zero-order valence-corrected chi connectivity index (χ0v) is 7.70. The lowest BCUT2D eigenvalue weighted by Crippen LogP contribution is -1.97. The van der Waals surface area contributed by atoms with Crippen LogP contribution in [0.3, 0.4) is 0 Å². The predicted octanol–water partition coefficient (Wildman–Crippen LogP) is 3.35. The Morgan fingerprint density at radius 3 is 2.46 bits per heavy atom. The van der Waals surface area contributed by atoms with Gasteiger partial charge < -0.3 is 0 Å². The van der Waals surface area contributed by atoms with Crippen LogP contribution in [0.4, 0.5) is 8.78 Å². The zero-order valence-electron chi connectivity index (χ0n) is 6.94. The Hall–Kier alpha value is -1.07. The molecular weight excluding hydrogens is 194 g/mol. The van der Waals surface area contributed by atoms with Crippen LogP contribution in [0, 0.1) is 24.0 Å². The van der Waals surface area contributed by atoms with Gasteiger partial charge in [-0.1, -0.05) is 17.5 Å². The van der Waals surface area contributed by atoms with Crippen LogP contribution in [0.5, 0.6) is 0 Å². The van der Waals surface area contributed by atoms with Crippen molar-refractivity contribution in [3.63, 3.8) is 0 Å². The largest absolute Gasteiger partial charge is 0.207 e. The third kappa shape index (κ3) is 1.81. The number of halogens is 3. The van der Waals surface area contributed by atoms with Crippen molar-refractivity contribution in [2.75, 3.05) is 0 Å². The van der Waals surface area contributed by atoms with Crippen molar-refractivity contribution in [3.05, 3.63) is 34.4 Å². The molecule has 1 aromatic rings. The molecule has 0 fully saturated rings. The first-order valence-corrected chi connectivity index (χ1v) is 4.05. The number of benzene rings is 1. The molecule has 1 atom stereocenters. The molecule has 0 aliphatic carbocycles. The Kier molecular flexibility index (Phi) is 2.90. The van der Waals surface area contributed by atoms with Crippen molar-refractivity contribution in [1.29, 1.82) is 0 Å². The molecular formula is C10H7ClF2. The lowest BCUT2D eigenvalue weighted by molar-refractivity contribution is 0.583. The monoisotopic (exact) mass is 200 g/mol. The molecule has 0 aromatic heterocycles. The van der Waals surface area contributed by atoms with Gasteiger partial charge in [0.1, 0.15) is 11.6 Å². The molecule has 0 heterocycles. The van der Waals surface area contributed by atoms with Crippen molar-refractivity contribution < 1.29 is 8.78 Å². The third-order valence-electron chi connectivity index (χ3n) is 1.76. The van der Waals surface area contributed by atoms with Gasteiger partial charge in [-0.25, -0.2) is 8.78 Å². The summed E-state index contributed by atoms with van der Waals surface area (Å²) in [6, 6.07) is 1.99. The summed E-state index contributed by atoms with van der Waals surface area (Å²) in [7, 11) is 0. The van der Waals surface area contributed by atoms with E-state index in [1.54, 1.807) is 6.92 Å². The van der Waals surface area contributed by atoms with Crippen molar-refractivity contribution >= 4 is 11.6 Å². The van der Waals surface area contributed by atoms with Crippen LogP contribution in [0.1, 0.15) is 18.4 Å². The Morgan fingerprint density at radius 1 is 1.38 bits per heavy atom. The molecule has 13 heavy (non-hydrogen) atoms. The van der Waals surface area contributed by atoms with E-state index in [2.05, 4.69) is 5.92 Å². The van der Waals surface area contributed by atoms with Gasteiger partial charge in [0.25, 0.3) is 0 Å². The highest BCUT2D eigenvalue weighted by Crippen LogP contribution is 2.28. The van der Waals surface area contributed by atoms with Gasteiger partial charge in [0.2, 0.25) is 0 Å². The minimum absolute atomic E-state index is 0.0455. The molecule has 1 unspecified atom stereocenters. The average molecular weight is 201 g/mol. The molecule has 0 saturated heterocycles. The van der Waals surface area contributed by atoms with E-state index in [4.69, 9.17) is 18.0 Å². The molecule has 3 heteroatoms. The van der Waals surface area contributed by atoms with Crippen LogP contribution in [0.25, 0.3) is 0 Å². The van der Waals surface area contributed by atoms with E-state index in [1.165, 1.54) is 0 Å². The fourth-order valence-corrected chi connectivity index (χ4v) is 1.34. The zero-order chi connectivity index (χ0) is 10.0. The van der Waals surface area contributed by atoms with Gasteiger partial charge in [0, 0.05) is 11.5 Å². The maximum atomic E-state index is 13.1. The molecule has 0 aliphatic heterocycles. The Labute approximate surface area is 80.5 Å². The second-order valence-corrected chi connectivity index (χ2v) is 3.02. The molecule has 0 spiro atoms. The van der Waals surface area contributed by atoms with Gasteiger partial charge in [0.05, 0.1) is 5.02 Å². The smallest absolute Gasteiger partial charge is 0.142 e. The normalized spacial score (nSPS) is 12.2. The van der Waals surface area contributed by atoms with Gasteiger partial charge >= 0.3 is 0 Å². The first kappa shape index (κ1) is 10.0. The first-order chi connectivity index (χ1) is 6.07. The molecule has 0 amide bonds. The van der Waals surface area contributed by atoms with E-state index >= 15 is 0 Å². The highest BCUT2D eigenvalue weighted by Gasteiger charge is 2.15. The average Bonchev–Trinajstić information content (AvgIpc) is 2.12. The Morgan fingerprint density at radius 2 is 1.92 bits per heavy atom. The van der Waals surface area contributed by atoms with E-state index in [-0.39, 0.29) is 10.6 Å². The summed E-state index contributed by atoms with van der Waals surface area (Å²) in [6.07, 6.45) is 5.09. The SMILES string of the molecule is C#CC(C)c1c(F)ccc(F)c1Cl. The molecule has 1 rings (SSSR count). The summed E-state index contributed by atoms with van der Waals surface area (Å²) in [6.45, 7) is 1.59. The van der Waals surface area contributed by atoms with Gasteiger partial charge in [-0.05, 0) is 19.1 Å². The Balaban J connectivity index is 3.35. The van der Waals surface area contributed by atoms with Gasteiger partial charge in [0.15, 0.2) is 0 Å². The molecule has 0 saturated carbocycles.